The fourth-order valence-electron chi connectivity index (χ4n) is 2.91. The summed E-state index contributed by atoms with van der Waals surface area (Å²) in [6, 6.07) is 0. The predicted molar refractivity (Wildman–Crippen MR) is 57.4 cm³/mol. The minimum atomic E-state index is 0.121. The molecule has 2 unspecified atom stereocenters. The average Bonchev–Trinajstić information content (AvgIpc) is 2.27. The molecular weight excluding hydrogens is 198 g/mol. The Bertz CT molecular complexity index is 219. The van der Waals surface area contributed by atoms with E-state index >= 15 is 0 Å². The van der Waals surface area contributed by atoms with E-state index in [9.17, 15) is 4.79 Å². The topological polar surface area (TPSA) is 20.3 Å². The SMILES string of the molecule is O=C(CCl)N1CCC2CCCCC2C1. The third-order valence-corrected chi connectivity index (χ3v) is 3.99. The van der Waals surface area contributed by atoms with Crippen LogP contribution < -0.4 is 0 Å². The van der Waals surface area contributed by atoms with E-state index in [1.807, 2.05) is 4.90 Å². The summed E-state index contributed by atoms with van der Waals surface area (Å²) in [7, 11) is 0. The highest BCUT2D eigenvalue weighted by atomic mass is 35.5. The maximum atomic E-state index is 11.4. The number of nitrogens with zero attached hydrogens (tertiary/aromatic N) is 1. The molecule has 1 saturated carbocycles. The number of hydrogen-bond donors (Lipinski definition) is 0. The molecule has 3 heteroatoms. The van der Waals surface area contributed by atoms with Crippen molar-refractivity contribution in [3.8, 4) is 0 Å². The Labute approximate surface area is 90.6 Å². The van der Waals surface area contributed by atoms with Crippen molar-refractivity contribution in [2.24, 2.45) is 11.8 Å². The van der Waals surface area contributed by atoms with E-state index in [1.54, 1.807) is 0 Å². The molecule has 2 nitrogen and oxygen atoms in total. The number of rotatable bonds is 1. The Morgan fingerprint density at radius 2 is 1.93 bits per heavy atom. The summed E-state index contributed by atoms with van der Waals surface area (Å²) in [5.41, 5.74) is 0. The Morgan fingerprint density at radius 3 is 2.64 bits per heavy atom. The number of hydrogen-bond acceptors (Lipinski definition) is 1. The molecule has 0 aromatic rings. The highest BCUT2D eigenvalue weighted by molar-refractivity contribution is 6.27. The zero-order valence-electron chi connectivity index (χ0n) is 8.54. The van der Waals surface area contributed by atoms with Gasteiger partial charge < -0.3 is 4.90 Å². The van der Waals surface area contributed by atoms with E-state index in [1.165, 1.54) is 32.1 Å². The van der Waals surface area contributed by atoms with Gasteiger partial charge in [-0.05, 0) is 24.7 Å². The van der Waals surface area contributed by atoms with Gasteiger partial charge in [0.15, 0.2) is 0 Å². The average molecular weight is 216 g/mol. The first kappa shape index (κ1) is 10.3. The number of carbonyl (C=O) groups excluding carboxylic acids is 1. The molecule has 0 spiro atoms. The van der Waals surface area contributed by atoms with Gasteiger partial charge in [-0.3, -0.25) is 4.79 Å². The van der Waals surface area contributed by atoms with Crippen LogP contribution in [-0.4, -0.2) is 29.8 Å². The van der Waals surface area contributed by atoms with Gasteiger partial charge in [-0.15, -0.1) is 11.6 Å². The first-order chi connectivity index (χ1) is 6.81. The van der Waals surface area contributed by atoms with Crippen LogP contribution in [0.15, 0.2) is 0 Å². The molecule has 2 fully saturated rings. The lowest BCUT2D eigenvalue weighted by Crippen LogP contribution is -2.45. The van der Waals surface area contributed by atoms with E-state index < -0.39 is 0 Å². The molecule has 2 atom stereocenters. The first-order valence-corrected chi connectivity index (χ1v) is 6.18. The molecule has 2 rings (SSSR count). The molecule has 0 aromatic carbocycles. The third-order valence-electron chi connectivity index (χ3n) is 3.76. The van der Waals surface area contributed by atoms with Gasteiger partial charge in [0.05, 0.1) is 0 Å². The van der Waals surface area contributed by atoms with Crippen LogP contribution in [0.1, 0.15) is 32.1 Å². The van der Waals surface area contributed by atoms with Crippen LogP contribution in [0.5, 0.6) is 0 Å². The molecule has 0 N–H and O–H groups in total. The summed E-state index contributed by atoms with van der Waals surface area (Å²) in [5, 5.41) is 0. The van der Waals surface area contributed by atoms with E-state index in [-0.39, 0.29) is 11.8 Å². The highest BCUT2D eigenvalue weighted by Gasteiger charge is 2.32. The van der Waals surface area contributed by atoms with Crippen LogP contribution >= 0.6 is 11.6 Å². The van der Waals surface area contributed by atoms with E-state index in [2.05, 4.69) is 0 Å². The molecule has 0 aromatic heterocycles. The van der Waals surface area contributed by atoms with Crippen LogP contribution in [0.25, 0.3) is 0 Å². The van der Waals surface area contributed by atoms with Crippen molar-refractivity contribution in [1.82, 2.24) is 4.90 Å². The molecule has 2 aliphatic rings. The maximum Gasteiger partial charge on any atom is 0.237 e. The van der Waals surface area contributed by atoms with Crippen LogP contribution in [0, 0.1) is 11.8 Å². The van der Waals surface area contributed by atoms with Crippen molar-refractivity contribution in [3.63, 3.8) is 0 Å². The standard InChI is InChI=1S/C11H18ClNO/c12-7-11(14)13-6-5-9-3-1-2-4-10(9)8-13/h9-10H,1-8H2. The number of carbonyl (C=O) groups is 1. The maximum absolute atomic E-state index is 11.4. The van der Waals surface area contributed by atoms with Gasteiger partial charge in [0.25, 0.3) is 0 Å². The summed E-state index contributed by atoms with van der Waals surface area (Å²) in [5.74, 6) is 1.93. The predicted octanol–water partition coefficient (Wildman–Crippen LogP) is 2.26. The molecule has 1 amide bonds. The first-order valence-electron chi connectivity index (χ1n) is 5.65. The van der Waals surface area contributed by atoms with Crippen molar-refractivity contribution < 1.29 is 4.79 Å². The number of likely N-dealkylation sites (tertiary alicyclic amines) is 1. The fourth-order valence-corrected chi connectivity index (χ4v) is 3.08. The lowest BCUT2D eigenvalue weighted by molar-refractivity contribution is -0.131. The van der Waals surface area contributed by atoms with E-state index in [0.717, 1.165) is 24.9 Å². The Hall–Kier alpha value is -0.240. The number of piperidine rings is 1. The zero-order chi connectivity index (χ0) is 9.97. The van der Waals surface area contributed by atoms with Gasteiger partial charge in [0, 0.05) is 13.1 Å². The van der Waals surface area contributed by atoms with E-state index in [0.29, 0.717) is 0 Å². The van der Waals surface area contributed by atoms with Gasteiger partial charge in [-0.1, -0.05) is 19.3 Å². The van der Waals surface area contributed by atoms with Gasteiger partial charge in [0.2, 0.25) is 5.91 Å². The summed E-state index contributed by atoms with van der Waals surface area (Å²) >= 11 is 5.57. The smallest absolute Gasteiger partial charge is 0.237 e. The molecule has 1 saturated heterocycles. The molecule has 0 bridgehead atoms. The number of halogens is 1. The molecule has 0 radical (unpaired) electrons. The monoisotopic (exact) mass is 215 g/mol. The second-order valence-electron chi connectivity index (χ2n) is 4.57. The van der Waals surface area contributed by atoms with Crippen LogP contribution in [0.4, 0.5) is 0 Å². The van der Waals surface area contributed by atoms with Crippen molar-refractivity contribution >= 4 is 17.5 Å². The lowest BCUT2D eigenvalue weighted by atomic mass is 9.75. The highest BCUT2D eigenvalue weighted by Crippen LogP contribution is 2.35. The second-order valence-corrected chi connectivity index (χ2v) is 4.83. The largest absolute Gasteiger partial charge is 0.341 e. The summed E-state index contributed by atoms with van der Waals surface area (Å²) in [4.78, 5) is 13.4. The molecule has 1 aliphatic carbocycles. The van der Waals surface area contributed by atoms with Crippen molar-refractivity contribution in [3.05, 3.63) is 0 Å². The molecule has 1 heterocycles. The Kier molecular flexibility index (Phi) is 3.32. The van der Waals surface area contributed by atoms with Gasteiger partial charge in [-0.2, -0.15) is 0 Å². The van der Waals surface area contributed by atoms with Crippen LogP contribution in [0.3, 0.4) is 0 Å². The van der Waals surface area contributed by atoms with Gasteiger partial charge >= 0.3 is 0 Å². The molecule has 1 aliphatic heterocycles. The van der Waals surface area contributed by atoms with Crippen LogP contribution in [-0.2, 0) is 4.79 Å². The van der Waals surface area contributed by atoms with E-state index in [4.69, 9.17) is 11.6 Å². The van der Waals surface area contributed by atoms with Crippen molar-refractivity contribution in [2.45, 2.75) is 32.1 Å². The second kappa shape index (κ2) is 4.52. The summed E-state index contributed by atoms with van der Waals surface area (Å²) in [6.45, 7) is 1.91. The fraction of sp³-hybridized carbons (Fsp3) is 0.909. The van der Waals surface area contributed by atoms with Crippen molar-refractivity contribution in [2.75, 3.05) is 19.0 Å². The van der Waals surface area contributed by atoms with Gasteiger partial charge in [-0.25, -0.2) is 0 Å². The quantitative estimate of drug-likeness (QED) is 0.615. The lowest BCUT2D eigenvalue weighted by Gasteiger charge is -2.41. The normalized spacial score (nSPS) is 32.5. The number of alkyl halides is 1. The number of fused-ring (bicyclic) bond motifs is 1. The van der Waals surface area contributed by atoms with Crippen LogP contribution in [0.2, 0.25) is 0 Å². The van der Waals surface area contributed by atoms with Gasteiger partial charge in [0.1, 0.15) is 5.88 Å². The minimum Gasteiger partial charge on any atom is -0.341 e. The summed E-state index contributed by atoms with van der Waals surface area (Å²) in [6.07, 6.45) is 6.65. The Morgan fingerprint density at radius 1 is 1.21 bits per heavy atom. The molecule has 14 heavy (non-hydrogen) atoms. The molecule has 80 valence electrons. The third kappa shape index (κ3) is 2.05. The minimum absolute atomic E-state index is 0.121. The zero-order valence-corrected chi connectivity index (χ0v) is 9.30. The summed E-state index contributed by atoms with van der Waals surface area (Å²) < 4.78 is 0. The van der Waals surface area contributed by atoms with Crippen molar-refractivity contribution in [1.29, 1.82) is 0 Å². The number of amides is 1. The molecular formula is C11H18ClNO. The Balaban J connectivity index is 1.92.